The molecule has 1 saturated heterocycles. The molecule has 27 heavy (non-hydrogen) atoms. The predicted molar refractivity (Wildman–Crippen MR) is 98.7 cm³/mol. The molecule has 1 fully saturated rings. The summed E-state index contributed by atoms with van der Waals surface area (Å²) in [6, 6.07) is 9.10. The zero-order chi connectivity index (χ0) is 19.6. The SMILES string of the molecule is CC(C)(C)OC(=O)N1CC(NC(=O)c2cccnc2-c2cccc(F)c2)C1. The maximum atomic E-state index is 13.5. The second kappa shape index (κ2) is 7.34. The fraction of sp³-hybridized carbons (Fsp3) is 0.350. The standard InChI is InChI=1S/C20H22FN3O3/c1-20(2,3)27-19(26)24-11-15(12-24)23-18(25)16-8-5-9-22-17(16)13-6-4-7-14(21)10-13/h4-10,15H,11-12H2,1-3H3,(H,23,25). The molecule has 0 unspecified atom stereocenters. The number of likely N-dealkylation sites (tertiary alicyclic amines) is 1. The fourth-order valence-electron chi connectivity index (χ4n) is 2.76. The van der Waals surface area contributed by atoms with Crippen molar-refractivity contribution in [1.29, 1.82) is 0 Å². The molecule has 1 aromatic heterocycles. The van der Waals surface area contributed by atoms with Crippen molar-refractivity contribution < 1.29 is 18.7 Å². The average molecular weight is 371 g/mol. The average Bonchev–Trinajstić information content (AvgIpc) is 2.56. The van der Waals surface area contributed by atoms with Gasteiger partial charge in [-0.15, -0.1) is 0 Å². The lowest BCUT2D eigenvalue weighted by atomic mass is 10.0. The summed E-state index contributed by atoms with van der Waals surface area (Å²) in [5, 5.41) is 2.88. The van der Waals surface area contributed by atoms with E-state index in [4.69, 9.17) is 4.74 Å². The van der Waals surface area contributed by atoms with Crippen LogP contribution in [0.15, 0.2) is 42.6 Å². The van der Waals surface area contributed by atoms with Crippen LogP contribution in [0.2, 0.25) is 0 Å². The van der Waals surface area contributed by atoms with Crippen LogP contribution < -0.4 is 5.32 Å². The third-order valence-electron chi connectivity index (χ3n) is 4.02. The van der Waals surface area contributed by atoms with E-state index in [2.05, 4.69) is 10.3 Å². The molecule has 0 spiro atoms. The molecule has 0 atom stereocenters. The third kappa shape index (κ3) is 4.61. The second-order valence-electron chi connectivity index (χ2n) is 7.47. The van der Waals surface area contributed by atoms with Gasteiger partial charge in [-0.3, -0.25) is 9.78 Å². The van der Waals surface area contributed by atoms with Gasteiger partial charge in [-0.25, -0.2) is 9.18 Å². The van der Waals surface area contributed by atoms with Crippen LogP contribution in [0.5, 0.6) is 0 Å². The number of rotatable bonds is 3. The van der Waals surface area contributed by atoms with E-state index in [9.17, 15) is 14.0 Å². The van der Waals surface area contributed by atoms with Crippen LogP contribution in [0, 0.1) is 5.82 Å². The zero-order valence-electron chi connectivity index (χ0n) is 15.5. The number of hydrogen-bond donors (Lipinski definition) is 1. The summed E-state index contributed by atoms with van der Waals surface area (Å²) < 4.78 is 18.8. The first-order chi connectivity index (χ1) is 12.7. The minimum atomic E-state index is -0.555. The van der Waals surface area contributed by atoms with Gasteiger partial charge >= 0.3 is 6.09 Å². The molecule has 0 bridgehead atoms. The van der Waals surface area contributed by atoms with Gasteiger partial charge in [0.15, 0.2) is 0 Å². The first kappa shape index (κ1) is 18.8. The van der Waals surface area contributed by atoms with Gasteiger partial charge in [-0.2, -0.15) is 0 Å². The summed E-state index contributed by atoms with van der Waals surface area (Å²) in [5.41, 5.74) is 0.752. The summed E-state index contributed by atoms with van der Waals surface area (Å²) in [4.78, 5) is 30.4. The van der Waals surface area contributed by atoms with Gasteiger partial charge in [0.05, 0.1) is 17.3 Å². The molecule has 0 aliphatic carbocycles. The van der Waals surface area contributed by atoms with Crippen molar-refractivity contribution in [3.8, 4) is 11.3 Å². The van der Waals surface area contributed by atoms with Crippen molar-refractivity contribution in [2.75, 3.05) is 13.1 Å². The Kier molecular flexibility index (Phi) is 5.12. The molecule has 1 aromatic carbocycles. The molecule has 6 nitrogen and oxygen atoms in total. The summed E-state index contributed by atoms with van der Waals surface area (Å²) in [7, 11) is 0. The largest absolute Gasteiger partial charge is 0.444 e. The highest BCUT2D eigenvalue weighted by atomic mass is 19.1. The Morgan fingerprint density at radius 3 is 2.63 bits per heavy atom. The molecule has 0 radical (unpaired) electrons. The summed E-state index contributed by atoms with van der Waals surface area (Å²) >= 11 is 0. The first-order valence-electron chi connectivity index (χ1n) is 8.73. The molecule has 1 aliphatic heterocycles. The van der Waals surface area contributed by atoms with Crippen LogP contribution in [0.3, 0.4) is 0 Å². The van der Waals surface area contributed by atoms with E-state index in [-0.39, 0.29) is 11.9 Å². The highest BCUT2D eigenvalue weighted by Crippen LogP contribution is 2.22. The Morgan fingerprint density at radius 2 is 1.96 bits per heavy atom. The molecule has 2 heterocycles. The lowest BCUT2D eigenvalue weighted by Gasteiger charge is -2.40. The number of hydrogen-bond acceptors (Lipinski definition) is 4. The van der Waals surface area contributed by atoms with Crippen LogP contribution in [-0.4, -0.2) is 46.6 Å². The number of nitrogens with zero attached hydrogens (tertiary/aromatic N) is 2. The Hall–Kier alpha value is -2.96. The summed E-state index contributed by atoms with van der Waals surface area (Å²) in [5.74, 6) is -0.701. The van der Waals surface area contributed by atoms with Crippen LogP contribution in [0.25, 0.3) is 11.3 Å². The van der Waals surface area contributed by atoms with Gasteiger partial charge in [0.2, 0.25) is 0 Å². The third-order valence-corrected chi connectivity index (χ3v) is 4.02. The van der Waals surface area contributed by atoms with E-state index >= 15 is 0 Å². The summed E-state index contributed by atoms with van der Waals surface area (Å²) in [6.07, 6.45) is 1.17. The zero-order valence-corrected chi connectivity index (χ0v) is 15.5. The topological polar surface area (TPSA) is 71.5 Å². The van der Waals surface area contributed by atoms with Crippen molar-refractivity contribution in [2.45, 2.75) is 32.4 Å². The summed E-state index contributed by atoms with van der Waals surface area (Å²) in [6.45, 7) is 6.19. The predicted octanol–water partition coefficient (Wildman–Crippen LogP) is 3.24. The molecule has 7 heteroatoms. The molecule has 142 valence electrons. The number of carbonyl (C=O) groups excluding carboxylic acids is 2. The monoisotopic (exact) mass is 371 g/mol. The van der Waals surface area contributed by atoms with Crippen LogP contribution in [-0.2, 0) is 4.74 Å². The number of pyridine rings is 1. The van der Waals surface area contributed by atoms with E-state index in [1.54, 1.807) is 51.2 Å². The quantitative estimate of drug-likeness (QED) is 0.899. The van der Waals surface area contributed by atoms with Crippen molar-refractivity contribution >= 4 is 12.0 Å². The minimum Gasteiger partial charge on any atom is -0.444 e. The second-order valence-corrected chi connectivity index (χ2v) is 7.47. The van der Waals surface area contributed by atoms with Crippen molar-refractivity contribution in [2.24, 2.45) is 0 Å². The van der Waals surface area contributed by atoms with Gasteiger partial charge in [-0.1, -0.05) is 12.1 Å². The van der Waals surface area contributed by atoms with Crippen molar-refractivity contribution in [1.82, 2.24) is 15.2 Å². The molecular weight excluding hydrogens is 349 g/mol. The first-order valence-corrected chi connectivity index (χ1v) is 8.73. The van der Waals surface area contributed by atoms with Crippen LogP contribution in [0.1, 0.15) is 31.1 Å². The lowest BCUT2D eigenvalue weighted by Crippen LogP contribution is -2.61. The number of carbonyl (C=O) groups is 2. The van der Waals surface area contributed by atoms with Crippen molar-refractivity contribution in [3.63, 3.8) is 0 Å². The minimum absolute atomic E-state index is 0.161. The van der Waals surface area contributed by atoms with Gasteiger partial charge in [-0.05, 0) is 45.0 Å². The number of nitrogens with one attached hydrogen (secondary N) is 1. The van der Waals surface area contributed by atoms with Gasteiger partial charge in [0, 0.05) is 24.8 Å². The molecule has 1 aliphatic rings. The maximum absolute atomic E-state index is 13.5. The highest BCUT2D eigenvalue weighted by molar-refractivity contribution is 6.00. The normalized spacial score (nSPS) is 14.4. The van der Waals surface area contributed by atoms with Gasteiger partial charge in [0.1, 0.15) is 11.4 Å². The van der Waals surface area contributed by atoms with Gasteiger partial charge in [0.25, 0.3) is 5.91 Å². The van der Waals surface area contributed by atoms with Crippen molar-refractivity contribution in [3.05, 3.63) is 54.0 Å². The molecular formula is C20H22FN3O3. The molecule has 2 amide bonds. The maximum Gasteiger partial charge on any atom is 0.410 e. The molecule has 3 rings (SSSR count). The Labute approximate surface area is 157 Å². The number of benzene rings is 1. The Bertz CT molecular complexity index is 858. The highest BCUT2D eigenvalue weighted by Gasteiger charge is 2.35. The van der Waals surface area contributed by atoms with E-state index < -0.39 is 17.5 Å². The number of amides is 2. The Morgan fingerprint density at radius 1 is 1.22 bits per heavy atom. The van der Waals surface area contributed by atoms with E-state index in [1.165, 1.54) is 17.0 Å². The molecule has 1 N–H and O–H groups in total. The van der Waals surface area contributed by atoms with Gasteiger partial charge < -0.3 is 15.0 Å². The molecule has 0 saturated carbocycles. The molecule has 2 aromatic rings. The number of halogens is 1. The van der Waals surface area contributed by atoms with E-state index in [0.29, 0.717) is 29.9 Å². The number of ether oxygens (including phenoxy) is 1. The van der Waals surface area contributed by atoms with Crippen LogP contribution in [0.4, 0.5) is 9.18 Å². The van der Waals surface area contributed by atoms with Crippen LogP contribution >= 0.6 is 0 Å². The van der Waals surface area contributed by atoms with E-state index in [1.807, 2.05) is 0 Å². The smallest absolute Gasteiger partial charge is 0.410 e. The number of aromatic nitrogens is 1. The Balaban J connectivity index is 1.65. The lowest BCUT2D eigenvalue weighted by molar-refractivity contribution is 0.00533. The van der Waals surface area contributed by atoms with E-state index in [0.717, 1.165) is 0 Å². The fourth-order valence-corrected chi connectivity index (χ4v) is 2.76.